The monoisotopic (exact) mass is 424 g/mol. The lowest BCUT2D eigenvalue weighted by molar-refractivity contribution is -0.135. The number of pyridine rings is 1. The average Bonchev–Trinajstić information content (AvgIpc) is 3.00. The van der Waals surface area contributed by atoms with Gasteiger partial charge in [-0.15, -0.1) is 0 Å². The van der Waals surface area contributed by atoms with E-state index in [9.17, 15) is 28.4 Å². The summed E-state index contributed by atoms with van der Waals surface area (Å²) in [6, 6.07) is 9.32. The number of carbonyl (C=O) groups is 3. The van der Waals surface area contributed by atoms with Crippen LogP contribution in [0.3, 0.4) is 0 Å². The van der Waals surface area contributed by atoms with Gasteiger partial charge in [-0.1, -0.05) is 24.3 Å². The third-order valence-electron chi connectivity index (χ3n) is 5.84. The normalized spacial score (nSPS) is 19.2. The molecule has 7 nitrogen and oxygen atoms in total. The van der Waals surface area contributed by atoms with Gasteiger partial charge in [0.15, 0.2) is 5.78 Å². The van der Waals surface area contributed by atoms with Gasteiger partial charge in [0, 0.05) is 36.4 Å². The summed E-state index contributed by atoms with van der Waals surface area (Å²) in [5.41, 5.74) is 0.684. The van der Waals surface area contributed by atoms with Gasteiger partial charge in [-0.05, 0) is 24.5 Å². The summed E-state index contributed by atoms with van der Waals surface area (Å²) in [7, 11) is 0. The lowest BCUT2D eigenvalue weighted by atomic mass is 9.80. The zero-order valence-electron chi connectivity index (χ0n) is 16.4. The van der Waals surface area contributed by atoms with Crippen molar-refractivity contribution in [2.24, 2.45) is 0 Å². The Morgan fingerprint density at radius 1 is 1.13 bits per heavy atom. The minimum absolute atomic E-state index is 0.156. The van der Waals surface area contributed by atoms with Crippen LogP contribution in [0.2, 0.25) is 0 Å². The van der Waals surface area contributed by atoms with Gasteiger partial charge in [0.1, 0.15) is 5.54 Å². The molecule has 2 aromatic rings. The molecule has 2 heterocycles. The highest BCUT2D eigenvalue weighted by Crippen LogP contribution is 2.41. The van der Waals surface area contributed by atoms with Crippen molar-refractivity contribution in [3.05, 3.63) is 53.9 Å². The third kappa shape index (κ3) is 3.77. The molecule has 4 rings (SSSR count). The smallest absolute Gasteiger partial charge is 0.323 e. The molecule has 31 heavy (non-hydrogen) atoms. The van der Waals surface area contributed by atoms with Crippen molar-refractivity contribution in [1.82, 2.24) is 15.2 Å². The van der Waals surface area contributed by atoms with E-state index in [1.54, 1.807) is 36.5 Å². The lowest BCUT2D eigenvalue weighted by Gasteiger charge is -2.34. The fraction of sp³-hybridized carbons (Fsp3) is 0.318. The van der Waals surface area contributed by atoms with Crippen molar-refractivity contribution >= 4 is 17.7 Å². The summed E-state index contributed by atoms with van der Waals surface area (Å²) >= 11 is 0. The number of halogens is 2. The first-order chi connectivity index (χ1) is 14.7. The molecule has 1 saturated heterocycles. The fourth-order valence-electron chi connectivity index (χ4n) is 3.99. The minimum atomic E-state index is -2.85. The van der Waals surface area contributed by atoms with Crippen LogP contribution in [0.25, 0.3) is 11.1 Å². The van der Waals surface area contributed by atoms with Crippen molar-refractivity contribution in [2.75, 3.05) is 6.54 Å². The van der Waals surface area contributed by atoms with Crippen LogP contribution >= 0.6 is 0 Å². The number of Topliss-reactive ketones (excluding diaryl/α,β-unsaturated/α-hetero) is 1. The maximum atomic E-state index is 13.5. The molecule has 0 unspecified atom stereocenters. The lowest BCUT2D eigenvalue weighted by Crippen LogP contribution is -2.51. The molecule has 1 spiro atoms. The summed E-state index contributed by atoms with van der Waals surface area (Å²) < 4.78 is 27.0. The molecule has 1 aliphatic heterocycles. The van der Waals surface area contributed by atoms with Gasteiger partial charge in [0.2, 0.25) is 5.92 Å². The molecule has 2 fully saturated rings. The number of alkyl halides is 2. The van der Waals surface area contributed by atoms with Crippen molar-refractivity contribution in [2.45, 2.75) is 37.1 Å². The highest BCUT2D eigenvalue weighted by Gasteiger charge is 2.55. The molecule has 158 valence electrons. The number of urea groups is 1. The van der Waals surface area contributed by atoms with Crippen LogP contribution in [0.4, 0.5) is 13.6 Å². The number of carbonyl (C=O) groups excluding carboxylic acids is 3. The predicted molar refractivity (Wildman–Crippen MR) is 105 cm³/mol. The first kappa shape index (κ1) is 20.6. The summed E-state index contributed by atoms with van der Waals surface area (Å²) in [5, 5.41) is 11.7. The van der Waals surface area contributed by atoms with E-state index in [0.29, 0.717) is 16.7 Å². The van der Waals surface area contributed by atoms with E-state index >= 15 is 0 Å². The third-order valence-corrected chi connectivity index (χ3v) is 5.84. The molecule has 1 aliphatic carbocycles. The van der Waals surface area contributed by atoms with Gasteiger partial charge in [0.05, 0.1) is 18.2 Å². The number of rotatable bonds is 4. The van der Waals surface area contributed by atoms with Crippen molar-refractivity contribution in [1.29, 1.82) is 5.26 Å². The standard InChI is InChI=1S/C22H18F2N4O3/c23-22(24)8-6-21(7-9-22)19(30)28(20(31)27-21)13-18(29)15-3-1-14(2-4-15)17-12-26-10-5-16(17)11-25/h1-5,10,12H,6-9,13H2,(H,27,31). The van der Waals surface area contributed by atoms with E-state index < -0.39 is 48.6 Å². The minimum Gasteiger partial charge on any atom is -0.323 e. The maximum absolute atomic E-state index is 13.5. The van der Waals surface area contributed by atoms with Gasteiger partial charge < -0.3 is 5.32 Å². The molecule has 3 amide bonds. The average molecular weight is 424 g/mol. The summed E-state index contributed by atoms with van der Waals surface area (Å²) in [4.78, 5) is 42.6. The van der Waals surface area contributed by atoms with E-state index in [1.807, 2.05) is 0 Å². The second-order valence-corrected chi connectivity index (χ2v) is 7.79. The number of hydrogen-bond acceptors (Lipinski definition) is 5. The van der Waals surface area contributed by atoms with Gasteiger partial charge >= 0.3 is 6.03 Å². The number of aromatic nitrogens is 1. The Morgan fingerprint density at radius 2 is 1.81 bits per heavy atom. The van der Waals surface area contributed by atoms with Crippen LogP contribution in [0, 0.1) is 11.3 Å². The number of ketones is 1. The van der Waals surface area contributed by atoms with Gasteiger partial charge in [0.25, 0.3) is 5.91 Å². The number of nitrogens with one attached hydrogen (secondary N) is 1. The van der Waals surface area contributed by atoms with Crippen LogP contribution < -0.4 is 5.32 Å². The topological polar surface area (TPSA) is 103 Å². The number of hydrogen-bond donors (Lipinski definition) is 1. The van der Waals surface area contributed by atoms with Gasteiger partial charge in [-0.25, -0.2) is 13.6 Å². The Morgan fingerprint density at radius 3 is 2.45 bits per heavy atom. The number of benzene rings is 1. The molecule has 0 radical (unpaired) electrons. The highest BCUT2D eigenvalue weighted by molar-refractivity contribution is 6.11. The Hall–Kier alpha value is -3.67. The fourth-order valence-corrected chi connectivity index (χ4v) is 3.99. The number of amides is 3. The van der Waals surface area contributed by atoms with Crippen molar-refractivity contribution in [3.8, 4) is 17.2 Å². The van der Waals surface area contributed by atoms with Crippen LogP contribution in [-0.2, 0) is 4.79 Å². The first-order valence-corrected chi connectivity index (χ1v) is 9.74. The largest absolute Gasteiger partial charge is 0.325 e. The van der Waals surface area contributed by atoms with Crippen LogP contribution in [0.5, 0.6) is 0 Å². The maximum Gasteiger partial charge on any atom is 0.325 e. The summed E-state index contributed by atoms with van der Waals surface area (Å²) in [5.74, 6) is -3.94. The Bertz CT molecular complexity index is 1100. The SMILES string of the molecule is N#Cc1ccncc1-c1ccc(C(=O)CN2C(=O)NC3(CCC(F)(F)CC3)C2=O)cc1. The van der Waals surface area contributed by atoms with E-state index in [2.05, 4.69) is 16.4 Å². The number of nitrogens with zero attached hydrogens (tertiary/aromatic N) is 3. The van der Waals surface area contributed by atoms with Crippen LogP contribution in [-0.4, -0.2) is 45.6 Å². The Balaban J connectivity index is 1.48. The Labute approximate surface area is 176 Å². The predicted octanol–water partition coefficient (Wildman–Crippen LogP) is 3.30. The number of imide groups is 1. The van der Waals surface area contributed by atoms with Crippen molar-refractivity contribution in [3.63, 3.8) is 0 Å². The van der Waals surface area contributed by atoms with E-state index in [1.165, 1.54) is 6.20 Å². The molecule has 1 N–H and O–H groups in total. The molecule has 9 heteroatoms. The molecule has 1 aromatic carbocycles. The van der Waals surface area contributed by atoms with Crippen LogP contribution in [0.15, 0.2) is 42.7 Å². The van der Waals surface area contributed by atoms with E-state index in [4.69, 9.17) is 0 Å². The van der Waals surface area contributed by atoms with Crippen LogP contribution in [0.1, 0.15) is 41.6 Å². The van der Waals surface area contributed by atoms with Crippen molar-refractivity contribution < 1.29 is 23.2 Å². The molecule has 2 aliphatic rings. The zero-order chi connectivity index (χ0) is 22.2. The summed E-state index contributed by atoms with van der Waals surface area (Å²) in [6.07, 6.45) is 1.78. The van der Waals surface area contributed by atoms with Gasteiger partial charge in [-0.3, -0.25) is 19.5 Å². The second kappa shape index (κ2) is 7.54. The first-order valence-electron chi connectivity index (χ1n) is 9.74. The zero-order valence-corrected chi connectivity index (χ0v) is 16.4. The summed E-state index contributed by atoms with van der Waals surface area (Å²) in [6.45, 7) is -0.474. The molecular formula is C22H18F2N4O3. The van der Waals surface area contributed by atoms with E-state index in [-0.39, 0.29) is 18.4 Å². The molecule has 0 bridgehead atoms. The van der Waals surface area contributed by atoms with E-state index in [0.717, 1.165) is 4.90 Å². The van der Waals surface area contributed by atoms with Gasteiger partial charge in [-0.2, -0.15) is 5.26 Å². The molecular weight excluding hydrogens is 406 g/mol. The molecule has 0 atom stereocenters. The highest BCUT2D eigenvalue weighted by atomic mass is 19.3. The Kier molecular flexibility index (Phi) is 5.01. The second-order valence-electron chi connectivity index (χ2n) is 7.79. The molecule has 1 aromatic heterocycles. The quantitative estimate of drug-likeness (QED) is 0.599. The number of nitriles is 1. The molecule has 1 saturated carbocycles.